The standard InChI is InChI=1S/C23H26N4O2S/c1-16(18-12-11-17-7-3-4-8-19(17)13-18)25-22(28)14-30-23-26-24-15-27(23)20-9-5-6-10-21(20)29-2/h5-6,9-13,15-16H,3-4,7-8,14H2,1-2H3,(H,25,28). The zero-order valence-electron chi connectivity index (χ0n) is 17.3. The van der Waals surface area contributed by atoms with Crippen LogP contribution in [-0.2, 0) is 17.6 Å². The van der Waals surface area contributed by atoms with Crippen molar-refractivity contribution >= 4 is 17.7 Å². The third-order valence-corrected chi connectivity index (χ3v) is 6.39. The monoisotopic (exact) mass is 422 g/mol. The second-order valence-electron chi connectivity index (χ2n) is 7.47. The quantitative estimate of drug-likeness (QED) is 0.580. The lowest BCUT2D eigenvalue weighted by atomic mass is 9.89. The lowest BCUT2D eigenvalue weighted by molar-refractivity contribution is -0.119. The molecule has 0 bridgehead atoms. The van der Waals surface area contributed by atoms with Crippen LogP contribution in [0.25, 0.3) is 5.69 Å². The number of carbonyl (C=O) groups is 1. The summed E-state index contributed by atoms with van der Waals surface area (Å²) in [4.78, 5) is 12.6. The smallest absolute Gasteiger partial charge is 0.230 e. The molecule has 0 saturated carbocycles. The van der Waals surface area contributed by atoms with Gasteiger partial charge in [0.05, 0.1) is 24.6 Å². The molecule has 3 aromatic rings. The predicted molar refractivity (Wildman–Crippen MR) is 118 cm³/mol. The number of fused-ring (bicyclic) bond motifs is 1. The number of hydrogen-bond donors (Lipinski definition) is 1. The van der Waals surface area contributed by atoms with Crippen LogP contribution in [-0.4, -0.2) is 33.5 Å². The minimum Gasteiger partial charge on any atom is -0.495 e. The summed E-state index contributed by atoms with van der Waals surface area (Å²) in [6.45, 7) is 2.03. The topological polar surface area (TPSA) is 69.0 Å². The molecule has 0 fully saturated rings. The fourth-order valence-electron chi connectivity index (χ4n) is 3.84. The van der Waals surface area contributed by atoms with Crippen molar-refractivity contribution in [2.45, 2.75) is 43.8 Å². The average Bonchev–Trinajstić information content (AvgIpc) is 3.25. The molecule has 156 valence electrons. The van der Waals surface area contributed by atoms with Crippen LogP contribution in [0.3, 0.4) is 0 Å². The molecule has 0 saturated heterocycles. The number of nitrogens with one attached hydrogen (secondary N) is 1. The van der Waals surface area contributed by atoms with Gasteiger partial charge in [0.2, 0.25) is 5.91 Å². The summed E-state index contributed by atoms with van der Waals surface area (Å²) in [5.41, 5.74) is 4.88. The van der Waals surface area contributed by atoms with Gasteiger partial charge in [0.15, 0.2) is 5.16 Å². The maximum Gasteiger partial charge on any atom is 0.230 e. The Kier molecular flexibility index (Phi) is 6.38. The predicted octanol–water partition coefficient (Wildman–Crippen LogP) is 4.12. The van der Waals surface area contributed by atoms with Crippen LogP contribution < -0.4 is 10.1 Å². The Morgan fingerprint density at radius 1 is 1.20 bits per heavy atom. The van der Waals surface area contributed by atoms with E-state index in [1.807, 2.05) is 35.8 Å². The number of methoxy groups -OCH3 is 1. The van der Waals surface area contributed by atoms with E-state index in [1.165, 1.54) is 42.2 Å². The molecular formula is C23H26N4O2S. The molecule has 1 unspecified atom stereocenters. The molecule has 1 atom stereocenters. The van der Waals surface area contributed by atoms with Gasteiger partial charge in [-0.2, -0.15) is 0 Å². The van der Waals surface area contributed by atoms with E-state index in [-0.39, 0.29) is 17.7 Å². The van der Waals surface area contributed by atoms with Crippen molar-refractivity contribution in [3.05, 3.63) is 65.5 Å². The number of carbonyl (C=O) groups excluding carboxylic acids is 1. The number of para-hydroxylation sites is 2. The summed E-state index contributed by atoms with van der Waals surface area (Å²) in [6, 6.07) is 14.2. The molecule has 6 nitrogen and oxygen atoms in total. The van der Waals surface area contributed by atoms with Gasteiger partial charge < -0.3 is 10.1 Å². The molecule has 0 aliphatic heterocycles. The first-order chi connectivity index (χ1) is 14.7. The molecule has 1 heterocycles. The van der Waals surface area contributed by atoms with Crippen molar-refractivity contribution < 1.29 is 9.53 Å². The van der Waals surface area contributed by atoms with Gasteiger partial charge in [-0.15, -0.1) is 10.2 Å². The van der Waals surface area contributed by atoms with Gasteiger partial charge in [-0.3, -0.25) is 9.36 Å². The van der Waals surface area contributed by atoms with Crippen LogP contribution in [0.1, 0.15) is 42.5 Å². The molecule has 30 heavy (non-hydrogen) atoms. The lowest BCUT2D eigenvalue weighted by Crippen LogP contribution is -2.28. The fourth-order valence-corrected chi connectivity index (χ4v) is 4.57. The number of aromatic nitrogens is 3. The van der Waals surface area contributed by atoms with Gasteiger partial charge in [0.25, 0.3) is 0 Å². The van der Waals surface area contributed by atoms with E-state index in [0.717, 1.165) is 23.4 Å². The summed E-state index contributed by atoms with van der Waals surface area (Å²) in [7, 11) is 1.63. The molecule has 1 aromatic heterocycles. The number of benzene rings is 2. The molecule has 2 aromatic carbocycles. The van der Waals surface area contributed by atoms with E-state index < -0.39 is 0 Å². The molecule has 1 aliphatic rings. The summed E-state index contributed by atoms with van der Waals surface area (Å²) in [5.74, 6) is 0.966. The zero-order valence-corrected chi connectivity index (χ0v) is 18.1. The number of thioether (sulfide) groups is 1. The Morgan fingerprint density at radius 2 is 2.00 bits per heavy atom. The SMILES string of the molecule is COc1ccccc1-n1cnnc1SCC(=O)NC(C)c1ccc2c(c1)CCCC2. The molecule has 0 spiro atoms. The van der Waals surface area contributed by atoms with Crippen LogP contribution in [0, 0.1) is 0 Å². The number of hydrogen-bond acceptors (Lipinski definition) is 5. The highest BCUT2D eigenvalue weighted by atomic mass is 32.2. The summed E-state index contributed by atoms with van der Waals surface area (Å²) < 4.78 is 7.26. The van der Waals surface area contributed by atoms with E-state index >= 15 is 0 Å². The van der Waals surface area contributed by atoms with E-state index in [0.29, 0.717) is 5.16 Å². The Morgan fingerprint density at radius 3 is 2.83 bits per heavy atom. The van der Waals surface area contributed by atoms with Gasteiger partial charge >= 0.3 is 0 Å². The molecule has 1 amide bonds. The van der Waals surface area contributed by atoms with Crippen LogP contribution >= 0.6 is 11.8 Å². The summed E-state index contributed by atoms with van der Waals surface area (Å²) in [6.07, 6.45) is 6.46. The highest BCUT2D eigenvalue weighted by Crippen LogP contribution is 2.27. The Hall–Kier alpha value is -2.80. The van der Waals surface area contributed by atoms with Gasteiger partial charge in [0, 0.05) is 0 Å². The van der Waals surface area contributed by atoms with Crippen molar-refractivity contribution in [2.75, 3.05) is 12.9 Å². The lowest BCUT2D eigenvalue weighted by Gasteiger charge is -2.20. The Labute approximate surface area is 181 Å². The first-order valence-corrected chi connectivity index (χ1v) is 11.2. The van der Waals surface area contributed by atoms with Gasteiger partial charge in [-0.05, 0) is 61.4 Å². The zero-order chi connectivity index (χ0) is 20.9. The summed E-state index contributed by atoms with van der Waals surface area (Å²) >= 11 is 1.36. The van der Waals surface area contributed by atoms with Crippen molar-refractivity contribution in [3.63, 3.8) is 0 Å². The summed E-state index contributed by atoms with van der Waals surface area (Å²) in [5, 5.41) is 11.9. The first-order valence-electron chi connectivity index (χ1n) is 10.2. The van der Waals surface area contributed by atoms with Crippen molar-refractivity contribution in [1.82, 2.24) is 20.1 Å². The molecule has 1 N–H and O–H groups in total. The number of nitrogens with zero attached hydrogens (tertiary/aromatic N) is 3. The third-order valence-electron chi connectivity index (χ3n) is 5.44. The largest absolute Gasteiger partial charge is 0.495 e. The highest BCUT2D eigenvalue weighted by Gasteiger charge is 2.16. The number of amides is 1. The Balaban J connectivity index is 1.38. The highest BCUT2D eigenvalue weighted by molar-refractivity contribution is 7.99. The van der Waals surface area contributed by atoms with Crippen LogP contribution in [0.2, 0.25) is 0 Å². The fraction of sp³-hybridized carbons (Fsp3) is 0.348. The molecule has 4 rings (SSSR count). The minimum atomic E-state index is -0.0302. The van der Waals surface area contributed by atoms with Crippen molar-refractivity contribution in [2.24, 2.45) is 0 Å². The van der Waals surface area contributed by atoms with Gasteiger partial charge in [0.1, 0.15) is 12.1 Å². The Bertz CT molecular complexity index is 1030. The molecule has 0 radical (unpaired) electrons. The molecular weight excluding hydrogens is 396 g/mol. The van der Waals surface area contributed by atoms with Gasteiger partial charge in [-0.25, -0.2) is 0 Å². The molecule has 7 heteroatoms. The van der Waals surface area contributed by atoms with Crippen molar-refractivity contribution in [1.29, 1.82) is 0 Å². The maximum absolute atomic E-state index is 12.6. The maximum atomic E-state index is 12.6. The van der Waals surface area contributed by atoms with Gasteiger partial charge in [-0.1, -0.05) is 42.1 Å². The number of aryl methyl sites for hydroxylation is 2. The number of rotatable bonds is 7. The van der Waals surface area contributed by atoms with E-state index in [2.05, 4.69) is 33.7 Å². The minimum absolute atomic E-state index is 0.0280. The normalized spacial score (nSPS) is 14.1. The van der Waals surface area contributed by atoms with Crippen molar-refractivity contribution in [3.8, 4) is 11.4 Å². The van der Waals surface area contributed by atoms with E-state index in [4.69, 9.17) is 4.74 Å². The van der Waals surface area contributed by atoms with Crippen LogP contribution in [0.5, 0.6) is 5.75 Å². The van der Waals surface area contributed by atoms with E-state index in [1.54, 1.807) is 13.4 Å². The first kappa shape index (κ1) is 20.5. The molecule has 1 aliphatic carbocycles. The number of ether oxygens (including phenoxy) is 1. The third kappa shape index (κ3) is 4.51. The van der Waals surface area contributed by atoms with E-state index in [9.17, 15) is 4.79 Å². The van der Waals surface area contributed by atoms with Crippen LogP contribution in [0.15, 0.2) is 53.9 Å². The second-order valence-corrected chi connectivity index (χ2v) is 8.41. The average molecular weight is 423 g/mol. The van der Waals surface area contributed by atoms with Crippen LogP contribution in [0.4, 0.5) is 0 Å². The second kappa shape index (κ2) is 9.34.